The molecule has 2 aliphatic carbocycles. The van der Waals surface area contributed by atoms with Gasteiger partial charge in [0, 0.05) is 36.1 Å². The van der Waals surface area contributed by atoms with Crippen LogP contribution in [0, 0.1) is 5.92 Å². The van der Waals surface area contributed by atoms with Crippen LogP contribution >= 0.6 is 0 Å². The summed E-state index contributed by atoms with van der Waals surface area (Å²) in [4.78, 5) is 12.1. The largest absolute Gasteiger partial charge is 0.481 e. The maximum atomic E-state index is 12.1. The number of aliphatic carboxylic acids is 1. The Morgan fingerprint density at radius 3 is 2.66 bits per heavy atom. The molecule has 10 atom stereocenters. The molecule has 5 aliphatic heterocycles. The first-order valence-corrected chi connectivity index (χ1v) is 19.6. The van der Waals surface area contributed by atoms with Crippen LogP contribution in [0.15, 0.2) is 54.6 Å². The van der Waals surface area contributed by atoms with E-state index in [0.29, 0.717) is 36.3 Å². The Bertz CT molecular complexity index is 1730. The number of β-amino-alcohol motifs (C(OH)–C–C–N with tert-alkyl or cyclic N) is 1. The highest BCUT2D eigenvalue weighted by Crippen LogP contribution is 2.56. The Balaban J connectivity index is 1.22. The molecule has 50 heavy (non-hydrogen) atoms. The van der Waals surface area contributed by atoms with Crippen LogP contribution in [0.5, 0.6) is 0 Å². The zero-order valence-corrected chi connectivity index (χ0v) is 30.0. The lowest BCUT2D eigenvalue weighted by atomic mass is 9.60. The van der Waals surface area contributed by atoms with E-state index in [9.17, 15) is 20.1 Å². The minimum Gasteiger partial charge on any atom is -0.481 e. The molecule has 10 rings (SSSR count). The molecule has 0 amide bonds. The van der Waals surface area contributed by atoms with E-state index in [0.717, 1.165) is 70.8 Å². The van der Waals surface area contributed by atoms with Gasteiger partial charge in [0.05, 0.1) is 18.1 Å². The fraction of sp³-hybridized carbons (Fsp3) is 0.605. The number of aliphatic hydroxyl groups is 2. The smallest absolute Gasteiger partial charge is 0.306 e. The summed E-state index contributed by atoms with van der Waals surface area (Å²) in [7, 11) is 0. The Labute approximate surface area is 297 Å². The molecule has 7 heteroatoms. The van der Waals surface area contributed by atoms with Crippen LogP contribution in [0.1, 0.15) is 130 Å². The lowest BCUT2D eigenvalue weighted by molar-refractivity contribution is -0.143. The molecule has 10 bridgehead atoms. The summed E-state index contributed by atoms with van der Waals surface area (Å²) >= 11 is 0. The summed E-state index contributed by atoms with van der Waals surface area (Å²) in [6, 6.07) is 21.9. The van der Waals surface area contributed by atoms with Crippen LogP contribution in [-0.4, -0.2) is 69.7 Å². The highest BCUT2D eigenvalue weighted by molar-refractivity contribution is 5.92. The van der Waals surface area contributed by atoms with Crippen LogP contribution in [0.3, 0.4) is 0 Å². The lowest BCUT2D eigenvalue weighted by Gasteiger charge is -2.45. The number of benzene rings is 3. The van der Waals surface area contributed by atoms with Crippen LogP contribution in [0.2, 0.25) is 0 Å². The molecule has 6 N–H and O–H groups in total. The first-order valence-electron chi connectivity index (χ1n) is 19.6. The molecule has 0 saturated carbocycles. The average molecular weight is 680 g/mol. The van der Waals surface area contributed by atoms with Crippen molar-refractivity contribution in [2.45, 2.75) is 144 Å². The normalized spacial score (nSPS) is 37.0. The first kappa shape index (κ1) is 34.3. The van der Waals surface area contributed by atoms with E-state index in [4.69, 9.17) is 0 Å². The predicted octanol–water partition coefficient (Wildman–Crippen LogP) is 6.49. The van der Waals surface area contributed by atoms with Crippen LogP contribution < -0.4 is 16.0 Å². The van der Waals surface area contributed by atoms with Crippen molar-refractivity contribution in [3.63, 3.8) is 0 Å². The van der Waals surface area contributed by atoms with Gasteiger partial charge in [-0.05, 0) is 147 Å². The number of fused-ring (bicyclic) bond motifs is 1. The molecular weight excluding hydrogens is 622 g/mol. The molecule has 7 aliphatic rings. The van der Waals surface area contributed by atoms with Gasteiger partial charge in [0.1, 0.15) is 0 Å². The molecule has 2 fully saturated rings. The summed E-state index contributed by atoms with van der Waals surface area (Å²) in [6.45, 7) is 5.54. The summed E-state index contributed by atoms with van der Waals surface area (Å²) in [6.07, 6.45) is 9.85. The van der Waals surface area contributed by atoms with Crippen molar-refractivity contribution in [3.8, 4) is 0 Å². The minimum absolute atomic E-state index is 0.134. The number of carboxylic acids is 1. The number of hydrogen-bond donors (Lipinski definition) is 6. The number of rotatable bonds is 5. The molecule has 3 aromatic rings. The first-order chi connectivity index (χ1) is 24.1. The summed E-state index contributed by atoms with van der Waals surface area (Å²) in [5, 5.41) is 46.3. The van der Waals surface area contributed by atoms with Crippen molar-refractivity contribution >= 4 is 16.7 Å². The van der Waals surface area contributed by atoms with Gasteiger partial charge in [-0.3, -0.25) is 4.79 Å². The van der Waals surface area contributed by atoms with Gasteiger partial charge in [-0.25, -0.2) is 0 Å². The quantitative estimate of drug-likeness (QED) is 0.183. The second-order valence-electron chi connectivity index (χ2n) is 17.3. The Morgan fingerprint density at radius 1 is 0.960 bits per heavy atom. The molecule has 5 heterocycles. The van der Waals surface area contributed by atoms with E-state index in [1.165, 1.54) is 33.0 Å². The SMILES string of the molecule is CC1NC(CCC2CC3CC4CCC(O)(CC(=O)O)CNC5(C)CCNC(Cc6cccc(c6)C2c2ccc6cccc4c6c23)C5)CCC1O. The number of piperidine rings is 2. The van der Waals surface area contributed by atoms with Crippen molar-refractivity contribution in [2.24, 2.45) is 5.92 Å². The molecule has 10 unspecified atom stereocenters. The Morgan fingerprint density at radius 2 is 1.82 bits per heavy atom. The number of carboxylic acid groups (broad SMARTS) is 1. The fourth-order valence-corrected chi connectivity index (χ4v) is 11.0. The lowest BCUT2D eigenvalue weighted by Crippen LogP contribution is -2.58. The zero-order chi connectivity index (χ0) is 34.6. The Hall–Kier alpha value is -2.81. The van der Waals surface area contributed by atoms with Crippen LogP contribution in [0.4, 0.5) is 0 Å². The zero-order valence-electron chi connectivity index (χ0n) is 30.0. The third kappa shape index (κ3) is 6.77. The summed E-state index contributed by atoms with van der Waals surface area (Å²) in [5.74, 6) is 0.589. The molecule has 7 nitrogen and oxygen atoms in total. The molecular formula is C43H57N3O4. The van der Waals surface area contributed by atoms with Crippen LogP contribution in [0.25, 0.3) is 10.8 Å². The van der Waals surface area contributed by atoms with Gasteiger partial charge in [-0.2, -0.15) is 0 Å². The van der Waals surface area contributed by atoms with Crippen LogP contribution in [-0.2, 0) is 11.2 Å². The van der Waals surface area contributed by atoms with Gasteiger partial charge in [0.2, 0.25) is 0 Å². The molecule has 3 aromatic carbocycles. The van der Waals surface area contributed by atoms with Crippen molar-refractivity contribution in [2.75, 3.05) is 13.1 Å². The predicted molar refractivity (Wildman–Crippen MR) is 199 cm³/mol. The third-order valence-electron chi connectivity index (χ3n) is 13.6. The van der Waals surface area contributed by atoms with Crippen molar-refractivity contribution < 1.29 is 20.1 Å². The maximum absolute atomic E-state index is 12.1. The standard InChI is InChI=1S/C43H57N3O4/c1-26-37(47)14-12-33(46-26)11-9-31-22-32-21-29-15-16-43(50,24-38(48)49)25-45-42(2)17-18-44-34(23-42)20-27-5-3-7-30(19-27)39(31)36-13-10-28-6-4-8-35(29)40(28)41(32)36/h3-8,10,13,19,26,29,31-34,37,39,44-47,50H,9,11-12,14-18,20-25H2,1-2H3,(H,48,49). The van der Waals surface area contributed by atoms with Gasteiger partial charge in [0.25, 0.3) is 0 Å². The van der Waals surface area contributed by atoms with Crippen molar-refractivity contribution in [3.05, 3.63) is 82.4 Å². The van der Waals surface area contributed by atoms with E-state index >= 15 is 0 Å². The second kappa shape index (κ2) is 13.6. The maximum Gasteiger partial charge on any atom is 0.306 e. The number of hydrogen-bond acceptors (Lipinski definition) is 6. The number of aliphatic hydroxyl groups excluding tert-OH is 1. The van der Waals surface area contributed by atoms with Crippen molar-refractivity contribution in [1.29, 1.82) is 0 Å². The molecule has 268 valence electrons. The third-order valence-corrected chi connectivity index (χ3v) is 13.6. The fourth-order valence-electron chi connectivity index (χ4n) is 11.0. The van der Waals surface area contributed by atoms with E-state index in [2.05, 4.69) is 84.4 Å². The second-order valence-corrected chi connectivity index (χ2v) is 17.3. The monoisotopic (exact) mass is 679 g/mol. The molecule has 0 radical (unpaired) electrons. The van der Waals surface area contributed by atoms with Gasteiger partial charge in [-0.15, -0.1) is 0 Å². The highest BCUT2D eigenvalue weighted by atomic mass is 16.4. The van der Waals surface area contributed by atoms with E-state index in [1.54, 1.807) is 5.56 Å². The number of nitrogens with one attached hydrogen (secondary N) is 3. The summed E-state index contributed by atoms with van der Waals surface area (Å²) in [5.41, 5.74) is 5.72. The van der Waals surface area contributed by atoms with E-state index in [-0.39, 0.29) is 36.6 Å². The van der Waals surface area contributed by atoms with Gasteiger partial charge in [0.15, 0.2) is 0 Å². The highest BCUT2D eigenvalue weighted by Gasteiger charge is 2.43. The Kier molecular flexibility index (Phi) is 9.35. The molecule has 0 spiro atoms. The van der Waals surface area contributed by atoms with Gasteiger partial charge >= 0.3 is 5.97 Å². The average Bonchev–Trinajstić information content (AvgIpc) is 3.09. The minimum atomic E-state index is -1.32. The molecule has 0 aromatic heterocycles. The number of carbonyl (C=O) groups is 1. The van der Waals surface area contributed by atoms with Gasteiger partial charge < -0.3 is 31.3 Å². The van der Waals surface area contributed by atoms with E-state index in [1.807, 2.05) is 0 Å². The van der Waals surface area contributed by atoms with E-state index < -0.39 is 11.6 Å². The van der Waals surface area contributed by atoms with Crippen molar-refractivity contribution in [1.82, 2.24) is 16.0 Å². The topological polar surface area (TPSA) is 114 Å². The van der Waals surface area contributed by atoms with Gasteiger partial charge in [-0.1, -0.05) is 54.6 Å². The summed E-state index contributed by atoms with van der Waals surface area (Å²) < 4.78 is 0. The molecule has 2 saturated heterocycles.